The molecular weight excluding hydrogens is 198 g/mol. The summed E-state index contributed by atoms with van der Waals surface area (Å²) in [4.78, 5) is 24.2. The lowest BCUT2D eigenvalue weighted by atomic mass is 10.2. The number of carbonyl (C=O) groups is 2. The van der Waals surface area contributed by atoms with E-state index in [2.05, 4.69) is 0 Å². The first-order valence-corrected chi connectivity index (χ1v) is 5.25. The third kappa shape index (κ3) is 2.28. The third-order valence-electron chi connectivity index (χ3n) is 2.77. The van der Waals surface area contributed by atoms with Gasteiger partial charge in [-0.05, 0) is 19.8 Å². The molecule has 0 aromatic rings. The predicted octanol–water partition coefficient (Wildman–Crippen LogP) is 0.0969. The molecular formula is C10H15NO4. The Labute approximate surface area is 88.0 Å². The van der Waals surface area contributed by atoms with E-state index >= 15 is 0 Å². The van der Waals surface area contributed by atoms with E-state index in [1.807, 2.05) is 0 Å². The fraction of sp³-hybridized carbons (Fsp3) is 0.800. The summed E-state index contributed by atoms with van der Waals surface area (Å²) in [7, 11) is 0. The number of ether oxygens (including phenoxy) is 1. The van der Waals surface area contributed by atoms with Gasteiger partial charge in [0.15, 0.2) is 6.10 Å². The molecule has 1 amide bonds. The number of hydrogen-bond donors (Lipinski definition) is 1. The molecule has 2 rings (SSSR count). The number of carbonyl (C=O) groups excluding carboxylic acids is 1. The maximum absolute atomic E-state index is 11.8. The van der Waals surface area contributed by atoms with Crippen LogP contribution in [0.4, 0.5) is 0 Å². The van der Waals surface area contributed by atoms with E-state index in [1.54, 1.807) is 11.8 Å². The second kappa shape index (κ2) is 3.81. The zero-order valence-corrected chi connectivity index (χ0v) is 8.68. The Bertz CT molecular complexity index is 287. The van der Waals surface area contributed by atoms with Crippen molar-refractivity contribution in [3.8, 4) is 0 Å². The van der Waals surface area contributed by atoms with Crippen molar-refractivity contribution in [1.82, 2.24) is 4.90 Å². The Morgan fingerprint density at radius 1 is 1.33 bits per heavy atom. The standard InChI is InChI=1S/C10H15NO4/c1-6-4-11(9(12)7-2-3-7)5-8(15-6)10(13)14/h6-8H,2-5H2,1H3,(H,13,14)/t6-,8?/m1/s1. The first-order valence-electron chi connectivity index (χ1n) is 5.25. The Morgan fingerprint density at radius 3 is 2.53 bits per heavy atom. The van der Waals surface area contributed by atoms with Crippen LogP contribution in [0.25, 0.3) is 0 Å². The summed E-state index contributed by atoms with van der Waals surface area (Å²) in [5, 5.41) is 8.85. The number of nitrogens with zero attached hydrogens (tertiary/aromatic N) is 1. The van der Waals surface area contributed by atoms with Gasteiger partial charge >= 0.3 is 5.97 Å². The molecule has 2 aliphatic rings. The quantitative estimate of drug-likeness (QED) is 0.706. The average molecular weight is 213 g/mol. The van der Waals surface area contributed by atoms with Crippen LogP contribution in [0.1, 0.15) is 19.8 Å². The topological polar surface area (TPSA) is 66.8 Å². The Hall–Kier alpha value is -1.10. The lowest BCUT2D eigenvalue weighted by Crippen LogP contribution is -2.52. The van der Waals surface area contributed by atoms with E-state index in [0.29, 0.717) is 6.54 Å². The lowest BCUT2D eigenvalue weighted by molar-refractivity contribution is -0.167. The molecule has 1 unspecified atom stereocenters. The van der Waals surface area contributed by atoms with Gasteiger partial charge in [0, 0.05) is 12.5 Å². The molecule has 0 bridgehead atoms. The Balaban J connectivity index is 1.99. The molecule has 84 valence electrons. The average Bonchev–Trinajstić information content (AvgIpc) is 2.98. The molecule has 0 radical (unpaired) electrons. The number of rotatable bonds is 2. The zero-order chi connectivity index (χ0) is 11.0. The molecule has 5 nitrogen and oxygen atoms in total. The van der Waals surface area contributed by atoms with Crippen molar-refractivity contribution < 1.29 is 19.4 Å². The van der Waals surface area contributed by atoms with Gasteiger partial charge in [-0.25, -0.2) is 4.79 Å². The first kappa shape index (κ1) is 10.4. The minimum Gasteiger partial charge on any atom is -0.479 e. The summed E-state index contributed by atoms with van der Waals surface area (Å²) in [6.07, 6.45) is 0.837. The van der Waals surface area contributed by atoms with Crippen molar-refractivity contribution in [2.75, 3.05) is 13.1 Å². The lowest BCUT2D eigenvalue weighted by Gasteiger charge is -2.35. The second-order valence-corrected chi connectivity index (χ2v) is 4.29. The largest absolute Gasteiger partial charge is 0.479 e. The summed E-state index contributed by atoms with van der Waals surface area (Å²) in [5.41, 5.74) is 0. The second-order valence-electron chi connectivity index (χ2n) is 4.29. The van der Waals surface area contributed by atoms with Gasteiger partial charge in [0.1, 0.15) is 0 Å². The van der Waals surface area contributed by atoms with Crippen LogP contribution in [0.3, 0.4) is 0 Å². The van der Waals surface area contributed by atoms with Crippen LogP contribution in [-0.4, -0.2) is 47.2 Å². The maximum atomic E-state index is 11.8. The SMILES string of the molecule is C[C@@H]1CN(C(=O)C2CC2)CC(C(=O)O)O1. The highest BCUT2D eigenvalue weighted by Gasteiger charge is 2.38. The van der Waals surface area contributed by atoms with Gasteiger partial charge in [0.25, 0.3) is 0 Å². The molecule has 5 heteroatoms. The maximum Gasteiger partial charge on any atom is 0.334 e. The van der Waals surface area contributed by atoms with Crippen molar-refractivity contribution >= 4 is 11.9 Å². The van der Waals surface area contributed by atoms with Crippen LogP contribution in [-0.2, 0) is 14.3 Å². The molecule has 2 fully saturated rings. The summed E-state index contributed by atoms with van der Waals surface area (Å²) in [5.74, 6) is -0.753. The molecule has 2 atom stereocenters. The van der Waals surface area contributed by atoms with Crippen molar-refractivity contribution in [3.05, 3.63) is 0 Å². The van der Waals surface area contributed by atoms with E-state index in [0.717, 1.165) is 12.8 Å². The van der Waals surface area contributed by atoms with E-state index in [-0.39, 0.29) is 24.5 Å². The zero-order valence-electron chi connectivity index (χ0n) is 8.68. The number of morpholine rings is 1. The highest BCUT2D eigenvalue weighted by atomic mass is 16.5. The molecule has 1 saturated carbocycles. The predicted molar refractivity (Wildman–Crippen MR) is 51.3 cm³/mol. The Kier molecular flexibility index (Phi) is 2.65. The minimum atomic E-state index is -0.991. The van der Waals surface area contributed by atoms with Crippen LogP contribution in [0.15, 0.2) is 0 Å². The van der Waals surface area contributed by atoms with Gasteiger partial charge in [-0.15, -0.1) is 0 Å². The first-order chi connectivity index (χ1) is 7.08. The molecule has 1 N–H and O–H groups in total. The molecule has 0 aromatic heterocycles. The monoisotopic (exact) mass is 213 g/mol. The van der Waals surface area contributed by atoms with E-state index in [4.69, 9.17) is 9.84 Å². The van der Waals surface area contributed by atoms with Gasteiger partial charge in [0.2, 0.25) is 5.91 Å². The molecule has 0 aromatic carbocycles. The highest BCUT2D eigenvalue weighted by molar-refractivity contribution is 5.82. The smallest absolute Gasteiger partial charge is 0.334 e. The molecule has 1 heterocycles. The number of aliphatic carboxylic acids is 1. The van der Waals surface area contributed by atoms with Gasteiger partial charge in [-0.2, -0.15) is 0 Å². The molecule has 0 spiro atoms. The number of hydrogen-bond acceptors (Lipinski definition) is 3. The fourth-order valence-corrected chi connectivity index (χ4v) is 1.86. The summed E-state index contributed by atoms with van der Waals surface area (Å²) in [6.45, 7) is 2.50. The summed E-state index contributed by atoms with van der Waals surface area (Å²) < 4.78 is 5.23. The fourth-order valence-electron chi connectivity index (χ4n) is 1.86. The summed E-state index contributed by atoms with van der Waals surface area (Å²) >= 11 is 0. The highest BCUT2D eigenvalue weighted by Crippen LogP contribution is 2.31. The van der Waals surface area contributed by atoms with Crippen LogP contribution in [0, 0.1) is 5.92 Å². The molecule has 1 aliphatic carbocycles. The summed E-state index contributed by atoms with van der Waals surface area (Å²) in [6, 6.07) is 0. The van der Waals surface area contributed by atoms with Crippen molar-refractivity contribution in [2.45, 2.75) is 32.0 Å². The van der Waals surface area contributed by atoms with E-state index in [9.17, 15) is 9.59 Å². The van der Waals surface area contributed by atoms with Crippen molar-refractivity contribution in [2.24, 2.45) is 5.92 Å². The van der Waals surface area contributed by atoms with Crippen LogP contribution in [0.5, 0.6) is 0 Å². The van der Waals surface area contributed by atoms with Gasteiger partial charge in [-0.1, -0.05) is 0 Å². The normalized spacial score (nSPS) is 31.4. The van der Waals surface area contributed by atoms with Gasteiger partial charge in [0.05, 0.1) is 12.6 Å². The van der Waals surface area contributed by atoms with Gasteiger partial charge in [-0.3, -0.25) is 4.79 Å². The van der Waals surface area contributed by atoms with Crippen LogP contribution >= 0.6 is 0 Å². The number of amides is 1. The number of carboxylic acids is 1. The van der Waals surface area contributed by atoms with Crippen LogP contribution < -0.4 is 0 Å². The van der Waals surface area contributed by atoms with Crippen molar-refractivity contribution in [1.29, 1.82) is 0 Å². The minimum absolute atomic E-state index is 0.0939. The third-order valence-corrected chi connectivity index (χ3v) is 2.77. The molecule has 1 saturated heterocycles. The van der Waals surface area contributed by atoms with Crippen molar-refractivity contribution in [3.63, 3.8) is 0 Å². The van der Waals surface area contributed by atoms with E-state index < -0.39 is 12.1 Å². The molecule has 15 heavy (non-hydrogen) atoms. The van der Waals surface area contributed by atoms with Crippen LogP contribution in [0.2, 0.25) is 0 Å². The Morgan fingerprint density at radius 2 is 2.00 bits per heavy atom. The number of carboxylic acid groups (broad SMARTS) is 1. The van der Waals surface area contributed by atoms with Gasteiger partial charge < -0.3 is 14.7 Å². The molecule has 1 aliphatic heterocycles. The van der Waals surface area contributed by atoms with E-state index in [1.165, 1.54) is 0 Å².